The lowest BCUT2D eigenvalue weighted by Gasteiger charge is -2.43. The minimum atomic E-state index is -4.11. The van der Waals surface area contributed by atoms with Gasteiger partial charge in [0, 0.05) is 6.42 Å². The van der Waals surface area contributed by atoms with Gasteiger partial charge in [-0.2, -0.15) is 5.09 Å². The molecular weight excluding hydrogens is 255 g/mol. The van der Waals surface area contributed by atoms with E-state index in [0.717, 1.165) is 0 Å². The Hall–Kier alpha value is -0.260. The van der Waals surface area contributed by atoms with Crippen molar-refractivity contribution in [1.29, 1.82) is 0 Å². The van der Waals surface area contributed by atoms with Gasteiger partial charge in [0.05, 0.1) is 0 Å². The largest absolute Gasteiger partial charge is 0.668 e. The van der Waals surface area contributed by atoms with Crippen molar-refractivity contribution in [3.8, 4) is 0 Å². The van der Waals surface area contributed by atoms with Gasteiger partial charge in [0.1, 0.15) is 11.8 Å². The van der Waals surface area contributed by atoms with Crippen LogP contribution in [0.15, 0.2) is 0 Å². The molecule has 0 amide bonds. The molecule has 0 saturated carbocycles. The number of nitrogens with two attached hydrogens (primary N) is 1. The number of hydrogen-bond acceptors (Lipinski definition) is 5. The molecule has 108 valence electrons. The first-order valence-corrected chi connectivity index (χ1v) is 7.82. The van der Waals surface area contributed by atoms with E-state index in [1.165, 1.54) is 0 Å². The van der Waals surface area contributed by atoms with Crippen LogP contribution in [0.2, 0.25) is 0 Å². The highest BCUT2D eigenvalue weighted by Crippen LogP contribution is 2.42. The van der Waals surface area contributed by atoms with Crippen molar-refractivity contribution >= 4 is 13.8 Å². The Morgan fingerprint density at radius 2 is 1.67 bits per heavy atom. The lowest BCUT2D eigenvalue weighted by molar-refractivity contribution is -0.316. The molecule has 0 aliphatic rings. The van der Waals surface area contributed by atoms with Crippen LogP contribution in [0.25, 0.3) is 0 Å². The Morgan fingerprint density at radius 1 is 1.22 bits per heavy atom. The average molecular weight is 279 g/mol. The highest BCUT2D eigenvalue weighted by atomic mass is 31.2. The maximum Gasteiger partial charge on any atom is 0.324 e. The van der Waals surface area contributed by atoms with E-state index in [4.69, 9.17) is 10.8 Å². The Bertz CT molecular complexity index is 272. The Kier molecular flexibility index (Phi) is 7.25. The zero-order valence-electron chi connectivity index (χ0n) is 11.4. The molecule has 0 aliphatic heterocycles. The normalized spacial score (nSPS) is 16.1. The van der Waals surface area contributed by atoms with E-state index < -0.39 is 25.7 Å². The summed E-state index contributed by atoms with van der Waals surface area (Å²) in [6, 6.07) is -1.11. The molecule has 0 heterocycles. The van der Waals surface area contributed by atoms with Crippen LogP contribution in [0, 0.1) is 11.8 Å². The Balaban J connectivity index is 4.63. The van der Waals surface area contributed by atoms with Gasteiger partial charge in [-0.15, -0.1) is 0 Å². The average Bonchev–Trinajstić information content (AvgIpc) is 2.14. The molecule has 18 heavy (non-hydrogen) atoms. The van der Waals surface area contributed by atoms with E-state index in [1.54, 1.807) is 0 Å². The first kappa shape index (κ1) is 17.7. The van der Waals surface area contributed by atoms with Gasteiger partial charge in [0.2, 0.25) is 0 Å². The molecule has 0 aromatic heterocycles. The fourth-order valence-corrected chi connectivity index (χ4v) is 3.16. The maximum atomic E-state index is 11.9. The molecule has 0 aromatic rings. The number of nitrogens with one attached hydrogen (secondary N) is 1. The van der Waals surface area contributed by atoms with E-state index in [9.17, 15) is 14.6 Å². The lowest BCUT2D eigenvalue weighted by Crippen LogP contribution is -2.52. The Morgan fingerprint density at radius 3 is 2.00 bits per heavy atom. The van der Waals surface area contributed by atoms with Gasteiger partial charge in [0.15, 0.2) is 0 Å². The molecule has 0 radical (unpaired) electrons. The van der Waals surface area contributed by atoms with Crippen LogP contribution in [0.4, 0.5) is 0 Å². The Labute approximate surface area is 109 Å². The van der Waals surface area contributed by atoms with Crippen molar-refractivity contribution in [3.63, 3.8) is 0 Å². The van der Waals surface area contributed by atoms with Crippen LogP contribution in [0.3, 0.4) is 0 Å². The van der Waals surface area contributed by atoms with Gasteiger partial charge in [-0.3, -0.25) is 10.5 Å². The van der Waals surface area contributed by atoms with Gasteiger partial charge in [-0.25, -0.2) is 0 Å². The van der Waals surface area contributed by atoms with Crippen molar-refractivity contribution < 1.29 is 19.7 Å². The maximum absolute atomic E-state index is 11.9. The molecule has 2 unspecified atom stereocenters. The van der Waals surface area contributed by atoms with Crippen LogP contribution >= 0.6 is 7.87 Å². The lowest BCUT2D eigenvalue weighted by atomic mass is 10.1. The third kappa shape index (κ3) is 6.61. The van der Waals surface area contributed by atoms with E-state index in [1.807, 2.05) is 27.7 Å². The van der Waals surface area contributed by atoms with Gasteiger partial charge in [-0.05, 0) is 26.1 Å². The summed E-state index contributed by atoms with van der Waals surface area (Å²) in [7, 11) is -4.11. The predicted octanol–water partition coefficient (Wildman–Crippen LogP) is -0.111. The van der Waals surface area contributed by atoms with E-state index in [0.29, 0.717) is 6.42 Å². The molecule has 0 saturated heterocycles. The SMILES string of the molecule is CC(C)CC(N[P+]([O-])([O-])C(N)CC(C)C)C(=O)O. The van der Waals surface area contributed by atoms with E-state index in [-0.39, 0.29) is 18.3 Å². The highest BCUT2D eigenvalue weighted by Gasteiger charge is 2.31. The number of carboxylic acid groups (broad SMARTS) is 1. The molecule has 0 aromatic carbocycles. The molecule has 6 nitrogen and oxygen atoms in total. The summed E-state index contributed by atoms with van der Waals surface area (Å²) in [5.74, 6) is -2.00. The number of aliphatic carboxylic acids is 1. The van der Waals surface area contributed by atoms with Crippen molar-refractivity contribution in [2.45, 2.75) is 52.4 Å². The first-order chi connectivity index (χ1) is 8.06. The zero-order valence-corrected chi connectivity index (χ0v) is 12.3. The summed E-state index contributed by atoms with van der Waals surface area (Å²) in [4.78, 5) is 34.8. The van der Waals surface area contributed by atoms with Gasteiger partial charge in [-0.1, -0.05) is 27.7 Å². The van der Waals surface area contributed by atoms with Crippen LogP contribution < -0.4 is 20.6 Å². The topological polar surface area (TPSA) is 121 Å². The van der Waals surface area contributed by atoms with Crippen molar-refractivity contribution in [3.05, 3.63) is 0 Å². The summed E-state index contributed by atoms with van der Waals surface area (Å²) in [5, 5.41) is 11.2. The number of carboxylic acids is 1. The molecule has 2 atom stereocenters. The smallest absolute Gasteiger partial charge is 0.324 e. The van der Waals surface area contributed by atoms with Gasteiger partial charge >= 0.3 is 5.97 Å². The fraction of sp³-hybridized carbons (Fsp3) is 0.909. The molecule has 0 fully saturated rings. The second-order valence-electron chi connectivity index (χ2n) is 5.44. The van der Waals surface area contributed by atoms with Crippen LogP contribution in [-0.4, -0.2) is 22.9 Å². The van der Waals surface area contributed by atoms with Gasteiger partial charge < -0.3 is 14.9 Å². The molecule has 7 heteroatoms. The van der Waals surface area contributed by atoms with E-state index >= 15 is 0 Å². The monoisotopic (exact) mass is 279 g/mol. The zero-order chi connectivity index (χ0) is 14.5. The first-order valence-electron chi connectivity index (χ1n) is 6.13. The summed E-state index contributed by atoms with van der Waals surface area (Å²) in [6.07, 6.45) is 0.553. The van der Waals surface area contributed by atoms with Crippen LogP contribution in [-0.2, 0) is 4.79 Å². The van der Waals surface area contributed by atoms with Crippen LogP contribution in [0.5, 0.6) is 0 Å². The second-order valence-corrected chi connectivity index (χ2v) is 7.56. The number of rotatable bonds is 8. The summed E-state index contributed by atoms with van der Waals surface area (Å²) in [6.45, 7) is 7.40. The third-order valence-corrected chi connectivity index (χ3v) is 4.25. The molecule has 4 N–H and O–H groups in total. The van der Waals surface area contributed by atoms with Crippen molar-refractivity contribution in [1.82, 2.24) is 5.09 Å². The minimum Gasteiger partial charge on any atom is -0.668 e. The number of hydrogen-bond donors (Lipinski definition) is 3. The summed E-state index contributed by atoms with van der Waals surface area (Å²) >= 11 is 0. The van der Waals surface area contributed by atoms with Crippen molar-refractivity contribution in [2.24, 2.45) is 17.6 Å². The second kappa shape index (κ2) is 7.36. The molecule has 0 spiro atoms. The summed E-state index contributed by atoms with van der Waals surface area (Å²) in [5.41, 5.74) is 5.60. The fourth-order valence-electron chi connectivity index (χ4n) is 1.61. The quantitative estimate of drug-likeness (QED) is 0.533. The minimum absolute atomic E-state index is 0.0833. The van der Waals surface area contributed by atoms with Gasteiger partial charge in [0.25, 0.3) is 0 Å². The molecule has 0 rings (SSSR count). The predicted molar refractivity (Wildman–Crippen MR) is 68.4 cm³/mol. The number of carbonyl (C=O) groups is 1. The highest BCUT2D eigenvalue weighted by molar-refractivity contribution is 7.60. The summed E-state index contributed by atoms with van der Waals surface area (Å²) < 4.78 is 0. The van der Waals surface area contributed by atoms with Crippen molar-refractivity contribution in [2.75, 3.05) is 0 Å². The molecular formula is C11H24N2O4P-. The standard InChI is InChI=1S/C11H25N2O4P/c1-7(2)5-9(11(14)15)13-18(16,17)10(12)6-8(3)4/h7-10H,5-6,12H2,1-4H3,(H,14,15)(H2,13,16,17)/p-1. The third-order valence-electron chi connectivity index (χ3n) is 2.49. The van der Waals surface area contributed by atoms with E-state index in [2.05, 4.69) is 5.09 Å². The molecule has 0 aliphatic carbocycles. The molecule has 0 bridgehead atoms. The van der Waals surface area contributed by atoms with Crippen LogP contribution in [0.1, 0.15) is 40.5 Å².